The third-order valence-electron chi connectivity index (χ3n) is 5.23. The molecule has 1 saturated heterocycles. The maximum absolute atomic E-state index is 14.9. The monoisotopic (exact) mass is 465 g/mol. The highest BCUT2D eigenvalue weighted by atomic mass is 32.2. The van der Waals surface area contributed by atoms with E-state index in [1.54, 1.807) is 30.1 Å². The van der Waals surface area contributed by atoms with Gasteiger partial charge in [0.1, 0.15) is 11.9 Å². The third kappa shape index (κ3) is 5.90. The first-order valence-corrected chi connectivity index (χ1v) is 11.7. The maximum atomic E-state index is 14.9. The second kappa shape index (κ2) is 10.5. The fraction of sp³-hybridized carbons (Fsp3) is 0.240. The Balaban J connectivity index is 1.37. The summed E-state index contributed by atoms with van der Waals surface area (Å²) < 4.78 is 20.2. The van der Waals surface area contributed by atoms with Crippen molar-refractivity contribution in [3.63, 3.8) is 0 Å². The van der Waals surface area contributed by atoms with Gasteiger partial charge in [-0.1, -0.05) is 30.3 Å². The minimum atomic E-state index is -0.551. The second-order valence-corrected chi connectivity index (χ2v) is 8.71. The molecule has 0 bridgehead atoms. The quantitative estimate of drug-likeness (QED) is 0.518. The van der Waals surface area contributed by atoms with Gasteiger partial charge in [-0.25, -0.2) is 9.18 Å². The van der Waals surface area contributed by atoms with Crippen LogP contribution in [0.15, 0.2) is 66.9 Å². The lowest BCUT2D eigenvalue weighted by Crippen LogP contribution is -2.33. The van der Waals surface area contributed by atoms with Crippen LogP contribution >= 0.6 is 11.8 Å². The number of benzene rings is 2. The van der Waals surface area contributed by atoms with Gasteiger partial charge >= 0.3 is 6.09 Å². The van der Waals surface area contributed by atoms with Gasteiger partial charge in [0, 0.05) is 30.2 Å². The van der Waals surface area contributed by atoms with Gasteiger partial charge in [0.2, 0.25) is 5.91 Å². The molecule has 170 valence electrons. The van der Waals surface area contributed by atoms with Gasteiger partial charge in [0.05, 0.1) is 24.5 Å². The van der Waals surface area contributed by atoms with Crippen molar-refractivity contribution >= 4 is 29.4 Å². The molecular formula is C25H24FN3O3S. The van der Waals surface area contributed by atoms with E-state index < -0.39 is 18.0 Å². The first-order chi connectivity index (χ1) is 16.0. The molecule has 1 atom stereocenters. The Morgan fingerprint density at radius 3 is 2.70 bits per heavy atom. The number of cyclic esters (lactones) is 1. The van der Waals surface area contributed by atoms with Crippen molar-refractivity contribution in [2.45, 2.75) is 24.5 Å². The molecule has 4 rings (SSSR count). The van der Waals surface area contributed by atoms with Gasteiger partial charge in [-0.2, -0.15) is 11.8 Å². The van der Waals surface area contributed by atoms with E-state index >= 15 is 0 Å². The van der Waals surface area contributed by atoms with E-state index in [4.69, 9.17) is 4.74 Å². The number of halogens is 1. The number of thioether (sulfide) groups is 1. The Morgan fingerprint density at radius 2 is 2.00 bits per heavy atom. The molecule has 2 amide bonds. The van der Waals surface area contributed by atoms with Gasteiger partial charge < -0.3 is 10.1 Å². The van der Waals surface area contributed by atoms with Gasteiger partial charge in [-0.3, -0.25) is 14.7 Å². The van der Waals surface area contributed by atoms with Crippen molar-refractivity contribution in [3.8, 4) is 11.1 Å². The molecule has 1 N–H and O–H groups in total. The fourth-order valence-corrected chi connectivity index (χ4v) is 4.45. The lowest BCUT2D eigenvalue weighted by molar-refractivity contribution is -0.119. The Hall–Kier alpha value is -3.39. The highest BCUT2D eigenvalue weighted by Gasteiger charge is 2.32. The highest BCUT2D eigenvalue weighted by molar-refractivity contribution is 7.97. The van der Waals surface area contributed by atoms with Gasteiger partial charge in [-0.05, 0) is 41.5 Å². The molecule has 0 spiro atoms. The predicted molar refractivity (Wildman–Crippen MR) is 127 cm³/mol. The third-order valence-corrected chi connectivity index (χ3v) is 6.26. The number of rotatable bonds is 8. The van der Waals surface area contributed by atoms with Crippen molar-refractivity contribution in [1.82, 2.24) is 10.3 Å². The lowest BCUT2D eigenvalue weighted by Gasteiger charge is -2.14. The van der Waals surface area contributed by atoms with E-state index in [1.165, 1.54) is 17.9 Å². The van der Waals surface area contributed by atoms with Crippen LogP contribution in [-0.2, 0) is 21.0 Å². The standard InChI is InChI=1S/C25H24FN3O3S/c1-17(30)28-13-22-14-29(25(31)32-22)21-9-10-23(24(26)12-21)19-7-5-18(6-8-19)15-33-16-20-4-2-3-11-27-20/h2-12,22H,13-16H2,1H3,(H,28,30)/t22-/m0/s1. The summed E-state index contributed by atoms with van der Waals surface area (Å²) in [5, 5.41) is 2.63. The van der Waals surface area contributed by atoms with Crippen molar-refractivity contribution in [3.05, 3.63) is 83.9 Å². The van der Waals surface area contributed by atoms with Crippen molar-refractivity contribution in [2.24, 2.45) is 0 Å². The summed E-state index contributed by atoms with van der Waals surface area (Å²) in [4.78, 5) is 28.9. The maximum Gasteiger partial charge on any atom is 0.414 e. The Labute approximate surface area is 196 Å². The zero-order valence-electron chi connectivity index (χ0n) is 18.2. The van der Waals surface area contributed by atoms with Gasteiger partial charge in [-0.15, -0.1) is 0 Å². The number of pyridine rings is 1. The second-order valence-electron chi connectivity index (χ2n) is 7.73. The van der Waals surface area contributed by atoms with Crippen molar-refractivity contribution < 1.29 is 18.7 Å². The number of hydrogen-bond donors (Lipinski definition) is 1. The van der Waals surface area contributed by atoms with E-state index in [2.05, 4.69) is 10.3 Å². The average molecular weight is 466 g/mol. The Bertz CT molecular complexity index is 1130. The average Bonchev–Trinajstić information content (AvgIpc) is 3.19. The minimum Gasteiger partial charge on any atom is -0.442 e. The van der Waals surface area contributed by atoms with Crippen LogP contribution in [0.3, 0.4) is 0 Å². The molecule has 0 radical (unpaired) electrons. The summed E-state index contributed by atoms with van der Waals surface area (Å²) >= 11 is 1.78. The molecule has 2 aromatic carbocycles. The first kappa shape index (κ1) is 22.8. The summed E-state index contributed by atoms with van der Waals surface area (Å²) in [5.74, 6) is 1.07. The van der Waals surface area contributed by atoms with E-state index in [0.717, 1.165) is 28.3 Å². The number of carbonyl (C=O) groups is 2. The zero-order valence-corrected chi connectivity index (χ0v) is 19.0. The molecule has 3 aromatic rings. The van der Waals surface area contributed by atoms with Crippen LogP contribution in [0.2, 0.25) is 0 Å². The largest absolute Gasteiger partial charge is 0.442 e. The van der Waals surface area contributed by atoms with Crippen molar-refractivity contribution in [1.29, 1.82) is 0 Å². The SMILES string of the molecule is CC(=O)NC[C@H]1CN(c2ccc(-c3ccc(CSCc4ccccn4)cc3)c(F)c2)C(=O)O1. The molecule has 6 nitrogen and oxygen atoms in total. The van der Waals surface area contributed by atoms with Crippen LogP contribution in [0, 0.1) is 5.82 Å². The zero-order chi connectivity index (χ0) is 23.2. The van der Waals surface area contributed by atoms with E-state index in [1.807, 2.05) is 42.5 Å². The van der Waals surface area contributed by atoms with Crippen LogP contribution in [0.4, 0.5) is 14.9 Å². The Morgan fingerprint density at radius 1 is 1.18 bits per heavy atom. The number of aromatic nitrogens is 1. The summed E-state index contributed by atoms with van der Waals surface area (Å²) in [6.45, 7) is 1.88. The number of nitrogens with zero attached hydrogens (tertiary/aromatic N) is 2. The number of nitrogens with one attached hydrogen (secondary N) is 1. The van der Waals surface area contributed by atoms with Crippen LogP contribution in [-0.4, -0.2) is 36.2 Å². The predicted octanol–water partition coefficient (Wildman–Crippen LogP) is 4.78. The summed E-state index contributed by atoms with van der Waals surface area (Å²) in [7, 11) is 0. The summed E-state index contributed by atoms with van der Waals surface area (Å²) in [6, 6.07) is 18.4. The van der Waals surface area contributed by atoms with E-state index in [0.29, 0.717) is 11.3 Å². The Kier molecular flexibility index (Phi) is 7.24. The molecule has 0 aliphatic carbocycles. The topological polar surface area (TPSA) is 71.5 Å². The molecular weight excluding hydrogens is 441 g/mol. The van der Waals surface area contributed by atoms with Crippen LogP contribution in [0.25, 0.3) is 11.1 Å². The highest BCUT2D eigenvalue weighted by Crippen LogP contribution is 2.30. The number of carbonyl (C=O) groups excluding carboxylic acids is 2. The fourth-order valence-electron chi connectivity index (χ4n) is 3.54. The molecule has 1 aliphatic rings. The molecule has 33 heavy (non-hydrogen) atoms. The normalized spacial score (nSPS) is 15.4. The number of hydrogen-bond acceptors (Lipinski definition) is 5. The summed E-state index contributed by atoms with van der Waals surface area (Å²) in [5.41, 5.74) is 3.86. The lowest BCUT2D eigenvalue weighted by atomic mass is 10.0. The van der Waals surface area contributed by atoms with Crippen LogP contribution < -0.4 is 10.2 Å². The van der Waals surface area contributed by atoms with Crippen molar-refractivity contribution in [2.75, 3.05) is 18.0 Å². The van der Waals surface area contributed by atoms with Crippen LogP contribution in [0.1, 0.15) is 18.2 Å². The number of ether oxygens (including phenoxy) is 1. The molecule has 8 heteroatoms. The van der Waals surface area contributed by atoms with E-state index in [-0.39, 0.29) is 19.0 Å². The molecule has 1 aliphatic heterocycles. The number of amides is 2. The molecule has 1 fully saturated rings. The first-order valence-electron chi connectivity index (χ1n) is 10.6. The minimum absolute atomic E-state index is 0.197. The van der Waals surface area contributed by atoms with Crippen LogP contribution in [0.5, 0.6) is 0 Å². The molecule has 0 unspecified atom stereocenters. The smallest absolute Gasteiger partial charge is 0.414 e. The summed E-state index contributed by atoms with van der Waals surface area (Å²) in [6.07, 6.45) is 0.777. The number of anilines is 1. The molecule has 1 aromatic heterocycles. The van der Waals surface area contributed by atoms with Gasteiger partial charge in [0.25, 0.3) is 0 Å². The van der Waals surface area contributed by atoms with E-state index in [9.17, 15) is 14.0 Å². The molecule has 0 saturated carbocycles. The van der Waals surface area contributed by atoms with Gasteiger partial charge in [0.15, 0.2) is 0 Å². The molecule has 2 heterocycles.